The van der Waals surface area contributed by atoms with Crippen molar-refractivity contribution >= 4 is 21.6 Å². The first-order valence-electron chi connectivity index (χ1n) is 6.09. The van der Waals surface area contributed by atoms with Gasteiger partial charge in [-0.05, 0) is 31.0 Å². The van der Waals surface area contributed by atoms with E-state index >= 15 is 0 Å². The van der Waals surface area contributed by atoms with E-state index in [-0.39, 0.29) is 21.9 Å². The molecule has 1 aromatic rings. The zero-order chi connectivity index (χ0) is 14.8. The lowest BCUT2D eigenvalue weighted by Gasteiger charge is -2.16. The number of rotatable bonds is 3. The minimum atomic E-state index is -3.78. The largest absolute Gasteiger partial charge is 0.242 e. The molecule has 1 saturated carbocycles. The van der Waals surface area contributed by atoms with Gasteiger partial charge in [0.05, 0.1) is 28.6 Å². The highest BCUT2D eigenvalue weighted by atomic mass is 35.5. The zero-order valence-corrected chi connectivity index (χ0v) is 12.1. The number of hydrogen-bond donors (Lipinski definition) is 1. The van der Waals surface area contributed by atoms with E-state index in [4.69, 9.17) is 22.1 Å². The van der Waals surface area contributed by atoms with Crippen molar-refractivity contribution in [2.24, 2.45) is 5.92 Å². The summed E-state index contributed by atoms with van der Waals surface area (Å²) in [5, 5.41) is 17.7. The minimum absolute atomic E-state index is 0.00283. The molecule has 104 valence electrons. The second kappa shape index (κ2) is 5.80. The van der Waals surface area contributed by atoms with Crippen LogP contribution in [-0.2, 0) is 10.0 Å². The van der Waals surface area contributed by atoms with Crippen molar-refractivity contribution in [3.05, 3.63) is 28.8 Å². The Kier molecular flexibility index (Phi) is 4.29. The van der Waals surface area contributed by atoms with E-state index in [1.165, 1.54) is 18.2 Å². The first-order chi connectivity index (χ1) is 9.47. The Bertz CT molecular complexity index is 703. The Labute approximate surface area is 122 Å². The second-order valence-corrected chi connectivity index (χ2v) is 6.74. The third-order valence-corrected chi connectivity index (χ3v) is 5.31. The lowest BCUT2D eigenvalue weighted by Crippen LogP contribution is -2.37. The van der Waals surface area contributed by atoms with Gasteiger partial charge in [-0.3, -0.25) is 0 Å². The summed E-state index contributed by atoms with van der Waals surface area (Å²) in [6.45, 7) is 0. The fourth-order valence-corrected chi connectivity index (χ4v) is 4.16. The Morgan fingerprint density at radius 2 is 2.05 bits per heavy atom. The van der Waals surface area contributed by atoms with Crippen molar-refractivity contribution < 1.29 is 8.42 Å². The van der Waals surface area contributed by atoms with Gasteiger partial charge < -0.3 is 0 Å². The summed E-state index contributed by atoms with van der Waals surface area (Å²) in [6.07, 6.45) is 2.17. The molecular weight excluding hydrogens is 298 g/mol. The topological polar surface area (TPSA) is 93.8 Å². The quantitative estimate of drug-likeness (QED) is 0.926. The molecule has 2 rings (SSSR count). The van der Waals surface area contributed by atoms with Gasteiger partial charge in [0.25, 0.3) is 0 Å². The van der Waals surface area contributed by atoms with E-state index < -0.39 is 10.0 Å². The third-order valence-electron chi connectivity index (χ3n) is 3.34. The van der Waals surface area contributed by atoms with Gasteiger partial charge in [-0.25, -0.2) is 13.1 Å². The summed E-state index contributed by atoms with van der Waals surface area (Å²) in [5.74, 6) is -0.304. The van der Waals surface area contributed by atoms with E-state index in [9.17, 15) is 8.42 Å². The summed E-state index contributed by atoms with van der Waals surface area (Å²) in [6, 6.07) is 7.65. The van der Waals surface area contributed by atoms with Crippen LogP contribution in [0.25, 0.3) is 0 Å². The first kappa shape index (κ1) is 14.8. The molecule has 0 aliphatic heterocycles. The molecule has 0 saturated heterocycles. The fourth-order valence-electron chi connectivity index (χ4n) is 2.31. The average molecular weight is 310 g/mol. The van der Waals surface area contributed by atoms with Crippen LogP contribution >= 0.6 is 11.6 Å². The zero-order valence-electron chi connectivity index (χ0n) is 10.5. The molecule has 0 amide bonds. The van der Waals surface area contributed by atoms with Crippen molar-refractivity contribution in [1.82, 2.24) is 4.72 Å². The van der Waals surface area contributed by atoms with Gasteiger partial charge >= 0.3 is 0 Å². The molecule has 1 aromatic carbocycles. The fraction of sp³-hybridized carbons (Fsp3) is 0.385. The van der Waals surface area contributed by atoms with Crippen molar-refractivity contribution in [3.63, 3.8) is 0 Å². The molecule has 1 aliphatic rings. The third kappa shape index (κ3) is 2.94. The number of sulfonamides is 1. The van der Waals surface area contributed by atoms with Gasteiger partial charge in [-0.2, -0.15) is 10.5 Å². The normalized spacial score (nSPS) is 22.1. The van der Waals surface area contributed by atoms with Crippen LogP contribution in [0, 0.1) is 28.6 Å². The Balaban J connectivity index is 2.28. The number of nitriles is 2. The summed E-state index contributed by atoms with van der Waals surface area (Å²) < 4.78 is 27.1. The van der Waals surface area contributed by atoms with Crippen LogP contribution in [0.4, 0.5) is 0 Å². The molecule has 1 fully saturated rings. The SMILES string of the molecule is N#Cc1ccc(S(=O)(=O)NC2CCCC2C#N)c(Cl)c1. The molecule has 2 atom stereocenters. The molecule has 20 heavy (non-hydrogen) atoms. The highest BCUT2D eigenvalue weighted by Gasteiger charge is 2.32. The molecule has 7 heteroatoms. The smallest absolute Gasteiger partial charge is 0.207 e. The summed E-state index contributed by atoms with van der Waals surface area (Å²) >= 11 is 5.91. The number of halogens is 1. The molecule has 5 nitrogen and oxygen atoms in total. The molecule has 0 spiro atoms. The highest BCUT2D eigenvalue weighted by molar-refractivity contribution is 7.89. The van der Waals surface area contributed by atoms with Crippen LogP contribution in [0.1, 0.15) is 24.8 Å². The Hall–Kier alpha value is -1.60. The summed E-state index contributed by atoms with van der Waals surface area (Å²) in [7, 11) is -3.78. The van der Waals surface area contributed by atoms with E-state index in [0.29, 0.717) is 18.4 Å². The number of nitrogens with zero attached hydrogens (tertiary/aromatic N) is 2. The maximum absolute atomic E-state index is 12.3. The lowest BCUT2D eigenvalue weighted by atomic mass is 10.1. The van der Waals surface area contributed by atoms with Gasteiger partial charge in [-0.15, -0.1) is 0 Å². The van der Waals surface area contributed by atoms with Gasteiger partial charge in [0.1, 0.15) is 4.90 Å². The van der Waals surface area contributed by atoms with Crippen LogP contribution in [0.15, 0.2) is 23.1 Å². The van der Waals surface area contributed by atoms with Gasteiger partial charge in [0, 0.05) is 6.04 Å². The van der Waals surface area contributed by atoms with E-state index in [1.807, 2.05) is 6.07 Å². The molecule has 1 N–H and O–H groups in total. The maximum Gasteiger partial charge on any atom is 0.242 e. The van der Waals surface area contributed by atoms with E-state index in [0.717, 1.165) is 6.42 Å². The Morgan fingerprint density at radius 1 is 1.30 bits per heavy atom. The molecule has 0 heterocycles. The molecule has 1 aliphatic carbocycles. The molecule has 0 radical (unpaired) electrons. The van der Waals surface area contributed by atoms with Crippen molar-refractivity contribution in [3.8, 4) is 12.1 Å². The number of benzene rings is 1. The Morgan fingerprint density at radius 3 is 2.65 bits per heavy atom. The first-order valence-corrected chi connectivity index (χ1v) is 7.95. The van der Waals surface area contributed by atoms with Crippen molar-refractivity contribution in [2.45, 2.75) is 30.2 Å². The standard InChI is InChI=1S/C13H12ClN3O2S/c14-11-6-9(7-15)4-5-13(11)20(18,19)17-12-3-1-2-10(12)8-16/h4-6,10,12,17H,1-3H2. The molecule has 0 aromatic heterocycles. The van der Waals surface area contributed by atoms with E-state index in [2.05, 4.69) is 10.8 Å². The number of hydrogen-bond acceptors (Lipinski definition) is 4. The van der Waals surface area contributed by atoms with Crippen molar-refractivity contribution in [1.29, 1.82) is 10.5 Å². The van der Waals surface area contributed by atoms with Gasteiger partial charge in [0.2, 0.25) is 10.0 Å². The van der Waals surface area contributed by atoms with Gasteiger partial charge in [0.15, 0.2) is 0 Å². The van der Waals surface area contributed by atoms with Crippen LogP contribution in [0.5, 0.6) is 0 Å². The van der Waals surface area contributed by atoms with Crippen LogP contribution in [-0.4, -0.2) is 14.5 Å². The number of nitrogens with one attached hydrogen (secondary N) is 1. The monoisotopic (exact) mass is 309 g/mol. The second-order valence-electron chi connectivity index (χ2n) is 4.65. The van der Waals surface area contributed by atoms with E-state index in [1.54, 1.807) is 0 Å². The predicted molar refractivity (Wildman–Crippen MR) is 73.2 cm³/mol. The molecule has 2 unspecified atom stereocenters. The lowest BCUT2D eigenvalue weighted by molar-refractivity contribution is 0.515. The summed E-state index contributed by atoms with van der Waals surface area (Å²) in [4.78, 5) is -0.0678. The highest BCUT2D eigenvalue weighted by Crippen LogP contribution is 2.28. The predicted octanol–water partition coefficient (Wildman–Crippen LogP) is 2.18. The van der Waals surface area contributed by atoms with Crippen LogP contribution in [0.3, 0.4) is 0 Å². The summed E-state index contributed by atoms with van der Waals surface area (Å²) in [5.41, 5.74) is 0.296. The maximum atomic E-state index is 12.3. The van der Waals surface area contributed by atoms with Crippen molar-refractivity contribution in [2.75, 3.05) is 0 Å². The van der Waals surface area contributed by atoms with Crippen LogP contribution < -0.4 is 4.72 Å². The van der Waals surface area contributed by atoms with Crippen LogP contribution in [0.2, 0.25) is 5.02 Å². The molecular formula is C13H12ClN3O2S. The molecule has 0 bridgehead atoms. The minimum Gasteiger partial charge on any atom is -0.207 e. The average Bonchev–Trinajstić information content (AvgIpc) is 2.84. The van der Waals surface area contributed by atoms with Gasteiger partial charge in [-0.1, -0.05) is 18.0 Å².